The summed E-state index contributed by atoms with van der Waals surface area (Å²) in [4.78, 5) is 45.5. The van der Waals surface area contributed by atoms with Crippen molar-refractivity contribution in [2.45, 2.75) is 64.0 Å². The van der Waals surface area contributed by atoms with Crippen LogP contribution < -0.4 is 20.7 Å². The molecule has 0 saturated heterocycles. The van der Waals surface area contributed by atoms with E-state index in [2.05, 4.69) is 14.4 Å². The van der Waals surface area contributed by atoms with Crippen molar-refractivity contribution in [3.8, 4) is 16.5 Å². The van der Waals surface area contributed by atoms with Gasteiger partial charge in [0.15, 0.2) is 0 Å². The predicted molar refractivity (Wildman–Crippen MR) is 145 cm³/mol. The van der Waals surface area contributed by atoms with E-state index in [0.29, 0.717) is 10.4 Å². The molecule has 0 bridgehead atoms. The van der Waals surface area contributed by atoms with Gasteiger partial charge in [-0.2, -0.15) is 8.78 Å². The number of amides is 1. The van der Waals surface area contributed by atoms with Crippen LogP contribution in [0.15, 0.2) is 44.7 Å². The Morgan fingerprint density at radius 2 is 2.08 bits per heavy atom. The van der Waals surface area contributed by atoms with Gasteiger partial charge in [-0.1, -0.05) is 0 Å². The van der Waals surface area contributed by atoms with E-state index < -0.39 is 35.6 Å². The molecule has 0 spiro atoms. The second kappa shape index (κ2) is 10.8. The van der Waals surface area contributed by atoms with Gasteiger partial charge in [0.25, 0.3) is 11.5 Å². The number of halogens is 3. The molecule has 5 rings (SSSR count). The molecule has 1 aliphatic rings. The minimum atomic E-state index is -3.13. The van der Waals surface area contributed by atoms with Crippen molar-refractivity contribution in [2.24, 2.45) is 0 Å². The average Bonchev–Trinajstić information content (AvgIpc) is 3.25. The van der Waals surface area contributed by atoms with E-state index in [1.165, 1.54) is 35.9 Å². The predicted octanol–water partition coefficient (Wildman–Crippen LogP) is 5.05. The Labute approximate surface area is 234 Å². The van der Waals surface area contributed by atoms with Crippen molar-refractivity contribution in [3.63, 3.8) is 0 Å². The number of nitrogens with one attached hydrogen (secondary N) is 1. The number of aromatic nitrogens is 3. The van der Waals surface area contributed by atoms with Crippen LogP contribution in [-0.2, 0) is 17.8 Å². The van der Waals surface area contributed by atoms with Crippen LogP contribution in [0.3, 0.4) is 0 Å². The van der Waals surface area contributed by atoms with E-state index in [0.717, 1.165) is 46.9 Å². The highest BCUT2D eigenvalue weighted by Crippen LogP contribution is 2.46. The third-order valence-corrected chi connectivity index (χ3v) is 9.34. The molecule has 0 radical (unpaired) electrons. The number of ether oxygens (including phenoxy) is 1. The Kier molecular flexibility index (Phi) is 7.57. The van der Waals surface area contributed by atoms with Crippen molar-refractivity contribution in [3.05, 3.63) is 68.4 Å². The van der Waals surface area contributed by atoms with Crippen molar-refractivity contribution in [1.29, 1.82) is 0 Å². The number of aryl methyl sites for hydroxylation is 3. The minimum Gasteiger partial charge on any atom is -0.444 e. The van der Waals surface area contributed by atoms with E-state index in [1.807, 2.05) is 6.92 Å². The molecule has 1 aliphatic carbocycles. The maximum atomic E-state index is 14.0. The highest BCUT2D eigenvalue weighted by Gasteiger charge is 2.39. The number of benzene rings is 1. The van der Waals surface area contributed by atoms with Crippen LogP contribution in [0.5, 0.6) is 5.75 Å². The van der Waals surface area contributed by atoms with E-state index in [-0.39, 0.29) is 45.1 Å². The quantitative estimate of drug-likeness (QED) is 0.256. The molecular weight excluding hydrogens is 569 g/mol. The van der Waals surface area contributed by atoms with Gasteiger partial charge in [-0.15, -0.1) is 11.3 Å². The van der Waals surface area contributed by atoms with Crippen LogP contribution >= 0.6 is 23.3 Å². The summed E-state index contributed by atoms with van der Waals surface area (Å²) in [6.45, 7) is 1.91. The molecule has 1 unspecified atom stereocenters. The lowest BCUT2D eigenvalue weighted by Gasteiger charge is -2.18. The summed E-state index contributed by atoms with van der Waals surface area (Å²) < 4.78 is 54.8. The number of oxazole rings is 1. The molecule has 3 aromatic heterocycles. The van der Waals surface area contributed by atoms with Gasteiger partial charge in [0.2, 0.25) is 5.89 Å². The van der Waals surface area contributed by atoms with E-state index in [9.17, 15) is 27.6 Å². The SMILES string of the molecule is Cc1c(-c2ncco2)sc2c1c(=O)n(C(C)C(=O)NSC1(C)CC1)c(=O)n2CCc1cc(F)ccc1OC(F)F. The Hall–Kier alpha value is -3.52. The summed E-state index contributed by atoms with van der Waals surface area (Å²) >= 11 is 2.37. The maximum absolute atomic E-state index is 14.0. The van der Waals surface area contributed by atoms with Gasteiger partial charge >= 0.3 is 12.3 Å². The molecule has 9 nitrogen and oxygen atoms in total. The second-order valence-electron chi connectivity index (χ2n) is 9.76. The number of fused-ring (bicyclic) bond motifs is 1. The molecule has 0 aliphatic heterocycles. The molecule has 40 heavy (non-hydrogen) atoms. The average molecular weight is 595 g/mol. The lowest BCUT2D eigenvalue weighted by molar-refractivity contribution is -0.122. The van der Waals surface area contributed by atoms with Crippen molar-refractivity contribution in [2.75, 3.05) is 0 Å². The molecule has 4 aromatic rings. The number of thiophene rings is 1. The first-order valence-electron chi connectivity index (χ1n) is 12.4. The minimum absolute atomic E-state index is 0.0671. The van der Waals surface area contributed by atoms with Gasteiger partial charge in [0.1, 0.15) is 28.7 Å². The third kappa shape index (κ3) is 5.42. The molecule has 14 heteroatoms. The Morgan fingerprint density at radius 3 is 2.73 bits per heavy atom. The molecular formula is C26H25F3N4O5S2. The molecule has 1 aromatic carbocycles. The molecule has 1 fully saturated rings. The lowest BCUT2D eigenvalue weighted by Crippen LogP contribution is -2.45. The van der Waals surface area contributed by atoms with Gasteiger partial charge in [-0.25, -0.2) is 18.7 Å². The largest absolute Gasteiger partial charge is 0.444 e. The molecule has 212 valence electrons. The number of alkyl halides is 2. The zero-order chi connectivity index (χ0) is 28.8. The number of hydrogen-bond acceptors (Lipinski definition) is 8. The van der Waals surface area contributed by atoms with Crippen molar-refractivity contribution in [1.82, 2.24) is 18.8 Å². The Morgan fingerprint density at radius 1 is 1.32 bits per heavy atom. The van der Waals surface area contributed by atoms with Crippen LogP contribution in [-0.4, -0.2) is 31.4 Å². The monoisotopic (exact) mass is 594 g/mol. The zero-order valence-electron chi connectivity index (χ0n) is 21.7. The summed E-state index contributed by atoms with van der Waals surface area (Å²) in [5, 5.41) is 0.197. The number of hydrogen-bond donors (Lipinski definition) is 1. The molecule has 1 atom stereocenters. The van der Waals surface area contributed by atoms with Gasteiger partial charge < -0.3 is 9.15 Å². The second-order valence-corrected chi connectivity index (χ2v) is 12.2. The summed E-state index contributed by atoms with van der Waals surface area (Å²) in [5.41, 5.74) is -0.801. The fourth-order valence-corrected chi connectivity index (χ4v) is 6.37. The van der Waals surface area contributed by atoms with Gasteiger partial charge in [-0.05, 0) is 81.3 Å². The summed E-state index contributed by atoms with van der Waals surface area (Å²) in [6, 6.07) is 2.00. The van der Waals surface area contributed by atoms with Crippen molar-refractivity contribution >= 4 is 39.4 Å². The molecule has 1 N–H and O–H groups in total. The van der Waals surface area contributed by atoms with E-state index in [1.54, 1.807) is 6.92 Å². The third-order valence-electron chi connectivity index (χ3n) is 6.83. The summed E-state index contributed by atoms with van der Waals surface area (Å²) in [6.07, 6.45) is 4.64. The van der Waals surface area contributed by atoms with Gasteiger partial charge in [-0.3, -0.25) is 18.9 Å². The highest BCUT2D eigenvalue weighted by atomic mass is 32.2. The van der Waals surface area contributed by atoms with E-state index in [4.69, 9.17) is 4.42 Å². The first kappa shape index (κ1) is 28.0. The number of nitrogens with zero attached hydrogens (tertiary/aromatic N) is 3. The fourth-order valence-electron chi connectivity index (χ4n) is 4.28. The standard InChI is InChI=1S/C26H25F3N4O5S2/c1-13-18-22(35)33(14(2)20(34)31-40-26(3)7-8-26)25(36)32(23(18)39-19(13)21-30-9-11-37-21)10-6-15-12-16(27)4-5-17(15)38-24(28)29/h4-5,9,11-12,14,24H,6-8,10H2,1-3H3,(H,31,34). The topological polar surface area (TPSA) is 108 Å². The van der Waals surface area contributed by atoms with Crippen LogP contribution in [0, 0.1) is 12.7 Å². The maximum Gasteiger partial charge on any atom is 0.387 e. The first-order chi connectivity index (χ1) is 19.0. The van der Waals surface area contributed by atoms with Crippen LogP contribution in [0.25, 0.3) is 21.0 Å². The van der Waals surface area contributed by atoms with Crippen LogP contribution in [0.4, 0.5) is 13.2 Å². The normalized spacial score (nSPS) is 15.0. The number of carbonyl (C=O) groups excluding carboxylic acids is 1. The Balaban J connectivity index is 1.61. The van der Waals surface area contributed by atoms with Gasteiger partial charge in [0.05, 0.1) is 16.5 Å². The summed E-state index contributed by atoms with van der Waals surface area (Å²) in [7, 11) is 0. The van der Waals surface area contributed by atoms with Crippen LogP contribution in [0.1, 0.15) is 43.9 Å². The lowest BCUT2D eigenvalue weighted by atomic mass is 10.1. The number of carbonyl (C=O) groups is 1. The van der Waals surface area contributed by atoms with E-state index >= 15 is 0 Å². The summed E-state index contributed by atoms with van der Waals surface area (Å²) in [5.74, 6) is -1.15. The van der Waals surface area contributed by atoms with Crippen molar-refractivity contribution < 1.29 is 27.1 Å². The highest BCUT2D eigenvalue weighted by molar-refractivity contribution is 7.99. The fraction of sp³-hybridized carbons (Fsp3) is 0.385. The number of rotatable bonds is 10. The Bertz CT molecular complexity index is 1690. The van der Waals surface area contributed by atoms with Gasteiger partial charge in [0, 0.05) is 11.3 Å². The smallest absolute Gasteiger partial charge is 0.387 e. The molecule has 1 amide bonds. The van der Waals surface area contributed by atoms with Crippen LogP contribution in [0.2, 0.25) is 0 Å². The zero-order valence-corrected chi connectivity index (χ0v) is 23.3. The molecule has 1 saturated carbocycles. The first-order valence-corrected chi connectivity index (χ1v) is 14.0. The molecule has 3 heterocycles.